The van der Waals surface area contributed by atoms with Gasteiger partial charge in [-0.1, -0.05) is 194 Å². The number of hydrogen-bond acceptors (Lipinski definition) is 9. The lowest BCUT2D eigenvalue weighted by Gasteiger charge is -2.07. The van der Waals surface area contributed by atoms with Crippen LogP contribution in [-0.2, 0) is 0 Å². The first kappa shape index (κ1) is 56.7. The normalized spacial score (nSPS) is 11.7. The second-order valence-electron chi connectivity index (χ2n) is 18.8. The maximum absolute atomic E-state index is 6.04. The number of hydrogen-bond donors (Lipinski definition) is 0. The Balaban J connectivity index is 1.29. The van der Waals surface area contributed by atoms with E-state index in [2.05, 4.69) is 50.7 Å². The Morgan fingerprint density at radius 3 is 0.710 bits per heavy atom. The van der Waals surface area contributed by atoms with E-state index >= 15 is 0 Å². The van der Waals surface area contributed by atoms with Gasteiger partial charge in [-0.25, -0.2) is 15.0 Å². The van der Waals surface area contributed by atoms with E-state index in [1.165, 1.54) is 173 Å². The summed E-state index contributed by atoms with van der Waals surface area (Å²) in [5, 5.41) is 0. The monoisotopic (exact) mass is 943 g/mol. The maximum Gasteiger partial charge on any atom is 0.256 e. The Morgan fingerprint density at radius 2 is 0.493 bits per heavy atom. The molecule has 3 aromatic carbocycles. The first-order chi connectivity index (χ1) is 34.1. The Bertz CT molecular complexity index is 1700. The van der Waals surface area contributed by atoms with Gasteiger partial charge in [-0.3, -0.25) is 0 Å². The summed E-state index contributed by atoms with van der Waals surface area (Å²) in [4.78, 5) is 27.6. The molecule has 4 aromatic rings. The highest BCUT2D eigenvalue weighted by Crippen LogP contribution is 2.21. The summed E-state index contributed by atoms with van der Waals surface area (Å²) >= 11 is 0. The quantitative estimate of drug-likeness (QED) is 0.0324. The molecule has 9 nitrogen and oxygen atoms in total. The van der Waals surface area contributed by atoms with Gasteiger partial charge in [0.25, 0.3) is 17.8 Å². The van der Waals surface area contributed by atoms with Crippen molar-refractivity contribution in [2.45, 2.75) is 213 Å². The van der Waals surface area contributed by atoms with Crippen LogP contribution in [0, 0.1) is 0 Å². The third-order valence-corrected chi connectivity index (χ3v) is 12.5. The van der Waals surface area contributed by atoms with Gasteiger partial charge in [0.15, 0.2) is 0 Å². The summed E-state index contributed by atoms with van der Waals surface area (Å²) in [6.45, 7) is 9.02. The summed E-state index contributed by atoms with van der Waals surface area (Å²) in [6, 6.07) is 23.9. The summed E-state index contributed by atoms with van der Waals surface area (Å²) in [5.74, 6) is 3.24. The highest BCUT2D eigenvalue weighted by molar-refractivity contribution is 5.83. The van der Waals surface area contributed by atoms with Gasteiger partial charge in [0.05, 0.1) is 19.8 Å². The molecule has 9 heteroatoms. The lowest BCUT2D eigenvalue weighted by molar-refractivity contribution is 0.304. The number of rotatable bonds is 42. The van der Waals surface area contributed by atoms with Crippen LogP contribution in [0.3, 0.4) is 0 Å². The summed E-state index contributed by atoms with van der Waals surface area (Å²) < 4.78 is 18.1. The van der Waals surface area contributed by atoms with E-state index in [0.717, 1.165) is 73.0 Å². The van der Waals surface area contributed by atoms with Gasteiger partial charge < -0.3 is 14.2 Å². The van der Waals surface area contributed by atoms with Gasteiger partial charge in [0, 0.05) is 18.6 Å². The molecule has 1 aromatic heterocycles. The summed E-state index contributed by atoms with van der Waals surface area (Å²) in [5.41, 5.74) is 2.72. The summed E-state index contributed by atoms with van der Waals surface area (Å²) in [7, 11) is 0. The van der Waals surface area contributed by atoms with Crippen molar-refractivity contribution >= 4 is 36.5 Å². The molecule has 0 atom stereocenters. The first-order valence-corrected chi connectivity index (χ1v) is 27.7. The SMILES string of the molecule is CCCCCCCCCCCCOc1ccc(/C=N/c2nc(/N=C/c3ccc(OCCCCCCCCCCCC)cc3)nc(/N=C/c3ccc(OCCCCCCCCCCCC)cc3)n2)cc1. The number of benzene rings is 3. The van der Waals surface area contributed by atoms with Gasteiger partial charge in [-0.2, -0.15) is 15.0 Å². The van der Waals surface area contributed by atoms with Crippen LogP contribution < -0.4 is 14.2 Å². The van der Waals surface area contributed by atoms with Gasteiger partial charge in [-0.05, 0) is 109 Å². The van der Waals surface area contributed by atoms with Crippen molar-refractivity contribution < 1.29 is 14.2 Å². The van der Waals surface area contributed by atoms with E-state index in [4.69, 9.17) is 14.2 Å². The average molecular weight is 943 g/mol. The fraction of sp³-hybridized carbons (Fsp3) is 0.600. The second-order valence-corrected chi connectivity index (χ2v) is 18.8. The Hall–Kier alpha value is -4.92. The van der Waals surface area contributed by atoms with Gasteiger partial charge in [0.2, 0.25) is 0 Å². The van der Waals surface area contributed by atoms with Gasteiger partial charge in [-0.15, -0.1) is 0 Å². The highest BCUT2D eigenvalue weighted by atomic mass is 16.5. The van der Waals surface area contributed by atoms with Crippen molar-refractivity contribution in [3.63, 3.8) is 0 Å². The Labute approximate surface area is 419 Å². The number of nitrogens with zero attached hydrogens (tertiary/aromatic N) is 6. The lowest BCUT2D eigenvalue weighted by Crippen LogP contribution is -1.97. The van der Waals surface area contributed by atoms with Crippen molar-refractivity contribution in [1.29, 1.82) is 0 Å². The zero-order valence-corrected chi connectivity index (χ0v) is 43.4. The number of aromatic nitrogens is 3. The highest BCUT2D eigenvalue weighted by Gasteiger charge is 2.06. The number of unbranched alkanes of at least 4 members (excludes halogenated alkanes) is 27. The largest absolute Gasteiger partial charge is 0.494 e. The molecule has 0 aliphatic heterocycles. The molecule has 0 N–H and O–H groups in total. The Morgan fingerprint density at radius 1 is 0.290 bits per heavy atom. The van der Waals surface area contributed by atoms with E-state index in [-0.39, 0.29) is 17.8 Å². The van der Waals surface area contributed by atoms with Crippen molar-refractivity contribution in [1.82, 2.24) is 15.0 Å². The number of aliphatic imine (C=N–C) groups is 3. The smallest absolute Gasteiger partial charge is 0.256 e. The maximum atomic E-state index is 6.04. The van der Waals surface area contributed by atoms with Crippen molar-refractivity contribution in [2.24, 2.45) is 15.0 Å². The molecule has 0 aliphatic rings. The lowest BCUT2D eigenvalue weighted by atomic mass is 10.1. The fourth-order valence-corrected chi connectivity index (χ4v) is 8.20. The number of ether oxygens (including phenoxy) is 3. The third kappa shape index (κ3) is 28.4. The molecule has 0 saturated heterocycles. The predicted octanol–water partition coefficient (Wildman–Crippen LogP) is 18.0. The molecule has 0 bridgehead atoms. The van der Waals surface area contributed by atoms with Crippen LogP contribution in [0.2, 0.25) is 0 Å². The topological polar surface area (TPSA) is 103 Å². The van der Waals surface area contributed by atoms with Crippen LogP contribution in [0.15, 0.2) is 87.8 Å². The van der Waals surface area contributed by atoms with Crippen LogP contribution in [-0.4, -0.2) is 53.4 Å². The molecule has 0 amide bonds. The van der Waals surface area contributed by atoms with E-state index in [1.807, 2.05) is 72.8 Å². The molecule has 378 valence electrons. The minimum Gasteiger partial charge on any atom is -0.494 e. The van der Waals surface area contributed by atoms with Gasteiger partial charge >= 0.3 is 0 Å². The van der Waals surface area contributed by atoms with Crippen LogP contribution in [0.4, 0.5) is 17.8 Å². The molecule has 0 unspecified atom stereocenters. The average Bonchev–Trinajstić information content (AvgIpc) is 3.38. The minimum absolute atomic E-state index is 0.219. The molecule has 0 spiro atoms. The zero-order valence-electron chi connectivity index (χ0n) is 43.4. The minimum atomic E-state index is 0.219. The molecule has 0 fully saturated rings. The van der Waals surface area contributed by atoms with Crippen molar-refractivity contribution in [2.75, 3.05) is 19.8 Å². The molecular formula is C60H90N6O3. The van der Waals surface area contributed by atoms with Gasteiger partial charge in [0.1, 0.15) is 17.2 Å². The summed E-state index contributed by atoms with van der Waals surface area (Å²) in [6.07, 6.45) is 44.5. The molecule has 1 heterocycles. The molecule has 0 radical (unpaired) electrons. The molecule has 69 heavy (non-hydrogen) atoms. The fourth-order valence-electron chi connectivity index (χ4n) is 8.20. The molecular weight excluding hydrogens is 853 g/mol. The van der Waals surface area contributed by atoms with E-state index in [9.17, 15) is 0 Å². The van der Waals surface area contributed by atoms with Crippen LogP contribution in [0.5, 0.6) is 17.2 Å². The van der Waals surface area contributed by atoms with Crippen molar-refractivity contribution in [3.8, 4) is 17.2 Å². The first-order valence-electron chi connectivity index (χ1n) is 27.7. The Kier molecular flexibility index (Phi) is 31.9. The standard InChI is InChI=1S/C60H90N6O3/c1-4-7-10-13-16-19-22-25-28-31-46-67-55-40-34-52(35-41-55)49-61-58-64-59(62-50-53-36-42-56(43-37-53)68-47-32-29-26-23-20-17-14-11-8-5-2)66-60(65-58)63-51-54-38-44-57(45-39-54)69-48-33-30-27-24-21-18-15-12-9-6-3/h34-45,49-51H,4-33,46-48H2,1-3H3/b61-49+,62-50+,63-51+. The van der Waals surface area contributed by atoms with Crippen LogP contribution in [0.1, 0.15) is 230 Å². The van der Waals surface area contributed by atoms with E-state index < -0.39 is 0 Å². The second kappa shape index (κ2) is 38.9. The van der Waals surface area contributed by atoms with E-state index in [1.54, 1.807) is 18.6 Å². The van der Waals surface area contributed by atoms with Crippen LogP contribution >= 0.6 is 0 Å². The van der Waals surface area contributed by atoms with Crippen molar-refractivity contribution in [3.05, 3.63) is 89.5 Å². The third-order valence-electron chi connectivity index (χ3n) is 12.5. The predicted molar refractivity (Wildman–Crippen MR) is 293 cm³/mol. The van der Waals surface area contributed by atoms with E-state index in [0.29, 0.717) is 0 Å². The van der Waals surface area contributed by atoms with Crippen LogP contribution in [0.25, 0.3) is 0 Å². The molecule has 0 aliphatic carbocycles. The molecule has 0 saturated carbocycles. The molecule has 4 rings (SSSR count). The zero-order chi connectivity index (χ0) is 48.5.